The van der Waals surface area contributed by atoms with Crippen LogP contribution in [0, 0.1) is 0 Å². The van der Waals surface area contributed by atoms with Crippen LogP contribution in [0.4, 0.5) is 0 Å². The molecule has 0 aromatic carbocycles. The summed E-state index contributed by atoms with van der Waals surface area (Å²) < 4.78 is 9.33. The van der Waals surface area contributed by atoms with Crippen LogP contribution in [0.15, 0.2) is 6.20 Å². The van der Waals surface area contributed by atoms with Crippen LogP contribution in [0.5, 0.6) is 0 Å². The van der Waals surface area contributed by atoms with Crippen molar-refractivity contribution in [2.75, 3.05) is 14.2 Å². The van der Waals surface area contributed by atoms with Gasteiger partial charge in [0.25, 0.3) is 0 Å². The minimum atomic E-state index is -0.447. The molecule has 0 saturated heterocycles. The predicted molar refractivity (Wildman–Crippen MR) is 55.4 cm³/mol. The summed E-state index contributed by atoms with van der Waals surface area (Å²) in [7, 11) is 2.64. The highest BCUT2D eigenvalue weighted by Crippen LogP contribution is 2.43. The Labute approximate surface area is 92.7 Å². The summed E-state index contributed by atoms with van der Waals surface area (Å²) in [6.07, 6.45) is 3.49. The number of aromatic nitrogens is 1. The molecule has 1 fully saturated rings. The molecule has 0 spiro atoms. The number of methoxy groups -OCH3 is 2. The highest BCUT2D eigenvalue weighted by molar-refractivity contribution is 5.97. The fourth-order valence-electron chi connectivity index (χ4n) is 1.78. The van der Waals surface area contributed by atoms with Crippen molar-refractivity contribution in [3.05, 3.63) is 23.0 Å². The molecule has 0 unspecified atom stereocenters. The Kier molecular flexibility index (Phi) is 2.68. The number of hydrogen-bond donors (Lipinski definition) is 1. The lowest BCUT2D eigenvalue weighted by molar-refractivity contribution is 0.0593. The van der Waals surface area contributed by atoms with Crippen LogP contribution in [0.1, 0.15) is 45.2 Å². The standard InChI is InChI=1S/C11H13NO4/c1-15-10(13)7-5-12-9(11(14)16-2)8(7)6-3-4-6/h5-6,12H,3-4H2,1-2H3. The molecule has 0 amide bonds. The van der Waals surface area contributed by atoms with Crippen molar-refractivity contribution in [2.45, 2.75) is 18.8 Å². The Hall–Kier alpha value is -1.78. The average Bonchev–Trinajstić information content (AvgIpc) is 3.06. The maximum atomic E-state index is 11.5. The van der Waals surface area contributed by atoms with E-state index in [1.165, 1.54) is 20.4 Å². The first kappa shape index (κ1) is 10.7. The lowest BCUT2D eigenvalue weighted by atomic mass is 10.1. The zero-order valence-electron chi connectivity index (χ0n) is 9.20. The zero-order valence-corrected chi connectivity index (χ0v) is 9.20. The average molecular weight is 223 g/mol. The van der Waals surface area contributed by atoms with Crippen molar-refractivity contribution in [3.63, 3.8) is 0 Å². The third-order valence-corrected chi connectivity index (χ3v) is 2.70. The number of hydrogen-bond acceptors (Lipinski definition) is 4. The Morgan fingerprint density at radius 2 is 1.88 bits per heavy atom. The van der Waals surface area contributed by atoms with E-state index in [0.29, 0.717) is 11.3 Å². The number of H-pyrrole nitrogens is 1. The van der Waals surface area contributed by atoms with Gasteiger partial charge in [-0.05, 0) is 18.8 Å². The van der Waals surface area contributed by atoms with Gasteiger partial charge in [0.1, 0.15) is 5.69 Å². The van der Waals surface area contributed by atoms with E-state index in [1.54, 1.807) is 0 Å². The molecule has 16 heavy (non-hydrogen) atoms. The van der Waals surface area contributed by atoms with Gasteiger partial charge in [-0.3, -0.25) is 0 Å². The summed E-state index contributed by atoms with van der Waals surface area (Å²) in [5.41, 5.74) is 1.54. The maximum Gasteiger partial charge on any atom is 0.354 e. The number of nitrogens with one attached hydrogen (secondary N) is 1. The largest absolute Gasteiger partial charge is 0.465 e. The van der Waals surface area contributed by atoms with Gasteiger partial charge in [-0.2, -0.15) is 0 Å². The van der Waals surface area contributed by atoms with Gasteiger partial charge in [0.15, 0.2) is 0 Å². The van der Waals surface area contributed by atoms with E-state index in [9.17, 15) is 9.59 Å². The Morgan fingerprint density at radius 1 is 1.25 bits per heavy atom. The van der Waals surface area contributed by atoms with Crippen LogP contribution >= 0.6 is 0 Å². The van der Waals surface area contributed by atoms with E-state index >= 15 is 0 Å². The van der Waals surface area contributed by atoms with Gasteiger partial charge >= 0.3 is 11.9 Å². The quantitative estimate of drug-likeness (QED) is 0.788. The van der Waals surface area contributed by atoms with E-state index in [2.05, 4.69) is 14.5 Å². The van der Waals surface area contributed by atoms with Crippen LogP contribution in [0.25, 0.3) is 0 Å². The van der Waals surface area contributed by atoms with Crippen molar-refractivity contribution in [2.24, 2.45) is 0 Å². The first-order valence-corrected chi connectivity index (χ1v) is 5.07. The molecular weight excluding hydrogens is 210 g/mol. The Balaban J connectivity index is 2.43. The molecule has 1 aliphatic carbocycles. The van der Waals surface area contributed by atoms with Crippen molar-refractivity contribution < 1.29 is 19.1 Å². The van der Waals surface area contributed by atoms with Crippen LogP contribution in [-0.4, -0.2) is 31.1 Å². The van der Waals surface area contributed by atoms with Crippen LogP contribution in [-0.2, 0) is 9.47 Å². The summed E-state index contributed by atoms with van der Waals surface area (Å²) in [6.45, 7) is 0. The third-order valence-electron chi connectivity index (χ3n) is 2.70. The summed E-state index contributed by atoms with van der Waals surface area (Å²) in [5, 5.41) is 0. The highest BCUT2D eigenvalue weighted by Gasteiger charge is 2.34. The van der Waals surface area contributed by atoms with Crippen molar-refractivity contribution in [1.82, 2.24) is 4.98 Å². The van der Waals surface area contributed by atoms with Gasteiger partial charge in [-0.15, -0.1) is 0 Å². The first-order chi connectivity index (χ1) is 7.69. The lowest BCUT2D eigenvalue weighted by Gasteiger charge is -2.03. The number of esters is 2. The van der Waals surface area contributed by atoms with E-state index in [4.69, 9.17) is 0 Å². The number of carbonyl (C=O) groups is 2. The van der Waals surface area contributed by atoms with Crippen molar-refractivity contribution >= 4 is 11.9 Å². The number of carbonyl (C=O) groups excluding carboxylic acids is 2. The second-order valence-electron chi connectivity index (χ2n) is 3.75. The first-order valence-electron chi connectivity index (χ1n) is 5.07. The highest BCUT2D eigenvalue weighted by atomic mass is 16.5. The second kappa shape index (κ2) is 4.00. The fraction of sp³-hybridized carbons (Fsp3) is 0.455. The fourth-order valence-corrected chi connectivity index (χ4v) is 1.78. The van der Waals surface area contributed by atoms with E-state index in [1.807, 2.05) is 0 Å². The van der Waals surface area contributed by atoms with Gasteiger partial charge in [0.05, 0.1) is 19.8 Å². The van der Waals surface area contributed by atoms with Crippen LogP contribution in [0.2, 0.25) is 0 Å². The predicted octanol–water partition coefficient (Wildman–Crippen LogP) is 1.47. The smallest absolute Gasteiger partial charge is 0.354 e. The zero-order chi connectivity index (χ0) is 11.7. The second-order valence-corrected chi connectivity index (χ2v) is 3.75. The minimum absolute atomic E-state index is 0.273. The number of ether oxygens (including phenoxy) is 2. The molecule has 0 aliphatic heterocycles. The van der Waals surface area contributed by atoms with E-state index in [0.717, 1.165) is 18.4 Å². The van der Waals surface area contributed by atoms with Crippen LogP contribution < -0.4 is 0 Å². The lowest BCUT2D eigenvalue weighted by Crippen LogP contribution is -2.08. The molecule has 1 aromatic rings. The Bertz CT molecular complexity index is 398. The van der Waals surface area contributed by atoms with Gasteiger partial charge in [-0.25, -0.2) is 9.59 Å². The molecule has 1 N–H and O–H groups in total. The summed E-state index contributed by atoms with van der Waals surface area (Å²) in [5.74, 6) is -0.597. The van der Waals surface area contributed by atoms with E-state index in [-0.39, 0.29) is 5.92 Å². The maximum absolute atomic E-state index is 11.5. The molecule has 1 aromatic heterocycles. The summed E-state index contributed by atoms with van der Waals surface area (Å²) in [4.78, 5) is 25.8. The number of rotatable bonds is 3. The summed E-state index contributed by atoms with van der Waals surface area (Å²) >= 11 is 0. The van der Waals surface area contributed by atoms with Gasteiger partial charge in [0, 0.05) is 11.8 Å². The molecule has 86 valence electrons. The van der Waals surface area contributed by atoms with Gasteiger partial charge < -0.3 is 14.5 Å². The molecule has 0 radical (unpaired) electrons. The SMILES string of the molecule is COC(=O)c1c[nH]c(C(=O)OC)c1C1CC1. The Morgan fingerprint density at radius 3 is 2.38 bits per heavy atom. The van der Waals surface area contributed by atoms with Crippen molar-refractivity contribution in [3.8, 4) is 0 Å². The topological polar surface area (TPSA) is 68.4 Å². The molecule has 5 heteroatoms. The molecule has 1 heterocycles. The van der Waals surface area contributed by atoms with Gasteiger partial charge in [0.2, 0.25) is 0 Å². The molecule has 5 nitrogen and oxygen atoms in total. The molecule has 1 saturated carbocycles. The van der Waals surface area contributed by atoms with Gasteiger partial charge in [-0.1, -0.05) is 0 Å². The summed E-state index contributed by atoms with van der Waals surface area (Å²) in [6, 6.07) is 0. The monoisotopic (exact) mass is 223 g/mol. The molecule has 2 rings (SSSR count). The molecular formula is C11H13NO4. The number of aromatic amines is 1. The normalized spacial score (nSPS) is 14.6. The molecule has 0 bridgehead atoms. The van der Waals surface area contributed by atoms with Crippen molar-refractivity contribution in [1.29, 1.82) is 0 Å². The third kappa shape index (κ3) is 1.68. The van der Waals surface area contributed by atoms with Crippen LogP contribution in [0.3, 0.4) is 0 Å². The van der Waals surface area contributed by atoms with E-state index < -0.39 is 11.9 Å². The minimum Gasteiger partial charge on any atom is -0.465 e. The molecule has 0 atom stereocenters. The molecule has 1 aliphatic rings.